The van der Waals surface area contributed by atoms with Gasteiger partial charge in [-0.25, -0.2) is 0 Å². The van der Waals surface area contributed by atoms with Gasteiger partial charge in [0, 0.05) is 25.3 Å². The zero-order chi connectivity index (χ0) is 13.9. The van der Waals surface area contributed by atoms with Crippen LogP contribution >= 0.6 is 0 Å². The molecule has 1 unspecified atom stereocenters. The highest BCUT2D eigenvalue weighted by molar-refractivity contribution is 5.75. The Kier molecular flexibility index (Phi) is 4.24. The van der Waals surface area contributed by atoms with Crippen molar-refractivity contribution in [1.82, 2.24) is 9.78 Å². The highest BCUT2D eigenvalue weighted by Crippen LogP contribution is 2.33. The fraction of sp³-hybridized carbons (Fsp3) is 0.714. The number of carbonyl (C=O) groups is 1. The molecule has 0 aliphatic carbocycles. The minimum Gasteiger partial charge on any atom is -0.481 e. The lowest BCUT2D eigenvalue weighted by Crippen LogP contribution is -2.41. The zero-order valence-electron chi connectivity index (χ0n) is 11.7. The Hall–Kier alpha value is -1.36. The molecule has 0 saturated carbocycles. The number of hydrogen-bond acceptors (Lipinski definition) is 3. The van der Waals surface area contributed by atoms with Crippen LogP contribution in [0.3, 0.4) is 0 Å². The van der Waals surface area contributed by atoms with Crippen LogP contribution in [-0.4, -0.2) is 34.1 Å². The molecule has 1 aromatic heterocycles. The van der Waals surface area contributed by atoms with Gasteiger partial charge in [-0.15, -0.1) is 0 Å². The Morgan fingerprint density at radius 3 is 2.89 bits per heavy atom. The molecule has 19 heavy (non-hydrogen) atoms. The number of aromatic nitrogens is 2. The number of aryl methyl sites for hydroxylation is 2. The first-order valence-corrected chi connectivity index (χ1v) is 6.98. The van der Waals surface area contributed by atoms with E-state index in [4.69, 9.17) is 4.74 Å². The largest absolute Gasteiger partial charge is 0.481 e. The fourth-order valence-corrected chi connectivity index (χ4v) is 2.69. The number of aliphatic carboxylic acids is 1. The summed E-state index contributed by atoms with van der Waals surface area (Å²) >= 11 is 0. The van der Waals surface area contributed by atoms with Crippen molar-refractivity contribution in [3.8, 4) is 0 Å². The molecule has 2 heterocycles. The fourth-order valence-electron chi connectivity index (χ4n) is 2.69. The summed E-state index contributed by atoms with van der Waals surface area (Å²) in [5.74, 6) is -0.755. The smallest absolute Gasteiger partial charge is 0.312 e. The third-order valence-corrected chi connectivity index (χ3v) is 3.87. The molecule has 1 N–H and O–H groups in total. The second kappa shape index (κ2) is 5.74. The van der Waals surface area contributed by atoms with Crippen molar-refractivity contribution in [2.24, 2.45) is 5.41 Å². The van der Waals surface area contributed by atoms with E-state index in [0.717, 1.165) is 30.8 Å². The minimum atomic E-state index is -0.782. The van der Waals surface area contributed by atoms with Gasteiger partial charge in [-0.2, -0.15) is 5.10 Å². The van der Waals surface area contributed by atoms with Gasteiger partial charge in [-0.3, -0.25) is 9.48 Å². The summed E-state index contributed by atoms with van der Waals surface area (Å²) in [6.07, 6.45) is 2.87. The summed E-state index contributed by atoms with van der Waals surface area (Å²) in [7, 11) is 0. The van der Waals surface area contributed by atoms with Gasteiger partial charge in [0.15, 0.2) is 0 Å². The summed E-state index contributed by atoms with van der Waals surface area (Å²) in [5.41, 5.74) is 1.25. The predicted molar refractivity (Wildman–Crippen MR) is 71.1 cm³/mol. The van der Waals surface area contributed by atoms with Crippen LogP contribution in [0.2, 0.25) is 0 Å². The van der Waals surface area contributed by atoms with Crippen molar-refractivity contribution in [2.45, 2.75) is 46.1 Å². The third kappa shape index (κ3) is 2.81. The molecular weight excluding hydrogens is 244 g/mol. The van der Waals surface area contributed by atoms with E-state index < -0.39 is 11.4 Å². The second-order valence-electron chi connectivity index (χ2n) is 5.21. The van der Waals surface area contributed by atoms with Crippen LogP contribution in [0.15, 0.2) is 6.07 Å². The van der Waals surface area contributed by atoms with Gasteiger partial charge in [-0.05, 0) is 32.3 Å². The van der Waals surface area contributed by atoms with Gasteiger partial charge < -0.3 is 9.84 Å². The molecule has 5 nitrogen and oxygen atoms in total. The van der Waals surface area contributed by atoms with Gasteiger partial charge in [-0.1, -0.05) is 6.92 Å². The summed E-state index contributed by atoms with van der Waals surface area (Å²) in [5, 5.41) is 14.1. The maximum absolute atomic E-state index is 11.6. The summed E-state index contributed by atoms with van der Waals surface area (Å²) in [6, 6.07) is 2.03. The van der Waals surface area contributed by atoms with Crippen molar-refractivity contribution in [2.75, 3.05) is 13.2 Å². The second-order valence-corrected chi connectivity index (χ2v) is 5.21. The van der Waals surface area contributed by atoms with Gasteiger partial charge in [0.2, 0.25) is 0 Å². The molecule has 1 aromatic rings. The average Bonchev–Trinajstić information content (AvgIpc) is 2.81. The summed E-state index contributed by atoms with van der Waals surface area (Å²) in [6.45, 7) is 5.83. The van der Waals surface area contributed by atoms with E-state index in [1.54, 1.807) is 0 Å². The molecule has 0 spiro atoms. The molecule has 0 radical (unpaired) electrons. The van der Waals surface area contributed by atoms with E-state index in [1.807, 2.05) is 17.7 Å². The molecule has 1 aliphatic rings. The molecule has 106 valence electrons. The van der Waals surface area contributed by atoms with Crippen molar-refractivity contribution in [1.29, 1.82) is 0 Å². The first-order valence-electron chi connectivity index (χ1n) is 6.98. The predicted octanol–water partition coefficient (Wildman–Crippen LogP) is 1.89. The molecule has 1 fully saturated rings. The molecular formula is C14H22N2O3. The molecule has 5 heteroatoms. The number of nitrogens with zero attached hydrogens (tertiary/aromatic N) is 2. The highest BCUT2D eigenvalue weighted by Gasteiger charge is 2.41. The van der Waals surface area contributed by atoms with Crippen LogP contribution in [-0.2, 0) is 28.9 Å². The van der Waals surface area contributed by atoms with E-state index >= 15 is 0 Å². The van der Waals surface area contributed by atoms with Crippen LogP contribution in [0.25, 0.3) is 0 Å². The van der Waals surface area contributed by atoms with E-state index in [2.05, 4.69) is 12.0 Å². The number of carboxylic acid groups (broad SMARTS) is 1. The normalized spacial score (nSPS) is 23.5. The van der Waals surface area contributed by atoms with E-state index in [9.17, 15) is 9.90 Å². The van der Waals surface area contributed by atoms with E-state index in [-0.39, 0.29) is 0 Å². The molecule has 1 aliphatic heterocycles. The maximum Gasteiger partial charge on any atom is 0.312 e. The van der Waals surface area contributed by atoms with Crippen LogP contribution in [0.5, 0.6) is 0 Å². The Labute approximate surface area is 113 Å². The van der Waals surface area contributed by atoms with Gasteiger partial charge in [0.1, 0.15) is 0 Å². The molecule has 0 bridgehead atoms. The van der Waals surface area contributed by atoms with Crippen LogP contribution in [0, 0.1) is 5.41 Å². The molecule has 1 atom stereocenters. The monoisotopic (exact) mass is 266 g/mol. The van der Waals surface area contributed by atoms with Gasteiger partial charge in [0.25, 0.3) is 0 Å². The van der Waals surface area contributed by atoms with Crippen LogP contribution in [0.1, 0.15) is 38.1 Å². The molecule has 0 amide bonds. The third-order valence-electron chi connectivity index (χ3n) is 3.87. The number of rotatable bonds is 5. The summed E-state index contributed by atoms with van der Waals surface area (Å²) < 4.78 is 7.33. The quantitative estimate of drug-likeness (QED) is 0.884. The summed E-state index contributed by atoms with van der Waals surface area (Å²) in [4.78, 5) is 11.6. The Balaban J connectivity index is 2.26. The molecule has 1 saturated heterocycles. The van der Waals surface area contributed by atoms with Crippen molar-refractivity contribution in [3.05, 3.63) is 17.5 Å². The van der Waals surface area contributed by atoms with Gasteiger partial charge >= 0.3 is 5.97 Å². The van der Waals surface area contributed by atoms with E-state index in [1.165, 1.54) is 0 Å². The van der Waals surface area contributed by atoms with Crippen molar-refractivity contribution >= 4 is 5.97 Å². The highest BCUT2D eigenvalue weighted by atomic mass is 16.5. The zero-order valence-corrected chi connectivity index (χ0v) is 11.7. The van der Waals surface area contributed by atoms with Crippen molar-refractivity contribution in [3.63, 3.8) is 0 Å². The average molecular weight is 266 g/mol. The maximum atomic E-state index is 11.6. The standard InChI is InChI=1S/C14H22N2O3/c1-3-11-8-12(16(4-2)15-11)9-14(13(17)18)6-5-7-19-10-14/h8H,3-7,9-10H2,1-2H3,(H,17,18). The Bertz CT molecular complexity index is 448. The lowest BCUT2D eigenvalue weighted by atomic mass is 9.78. The van der Waals surface area contributed by atoms with Gasteiger partial charge in [0.05, 0.1) is 17.7 Å². The van der Waals surface area contributed by atoms with Crippen molar-refractivity contribution < 1.29 is 14.6 Å². The minimum absolute atomic E-state index is 0.304. The number of hydrogen-bond donors (Lipinski definition) is 1. The lowest BCUT2D eigenvalue weighted by Gasteiger charge is -2.33. The topological polar surface area (TPSA) is 64.3 Å². The molecule has 0 aromatic carbocycles. The van der Waals surface area contributed by atoms with E-state index in [0.29, 0.717) is 26.1 Å². The Morgan fingerprint density at radius 1 is 1.58 bits per heavy atom. The number of carboxylic acids is 1. The first kappa shape index (κ1) is 14.1. The SMILES string of the molecule is CCc1cc(CC2(C(=O)O)CCCOC2)n(CC)n1. The van der Waals surface area contributed by atoms with Crippen LogP contribution < -0.4 is 0 Å². The Morgan fingerprint density at radius 2 is 2.37 bits per heavy atom. The lowest BCUT2D eigenvalue weighted by molar-refractivity contribution is -0.157. The number of ether oxygens (including phenoxy) is 1. The van der Waals surface area contributed by atoms with Crippen LogP contribution in [0.4, 0.5) is 0 Å². The molecule has 2 rings (SSSR count). The first-order chi connectivity index (χ1) is 9.11.